The molecule has 6 nitrogen and oxygen atoms in total. The average molecular weight is 562 g/mol. The lowest BCUT2D eigenvalue weighted by molar-refractivity contribution is -0.274. The third-order valence-corrected chi connectivity index (χ3v) is 6.40. The van der Waals surface area contributed by atoms with Crippen LogP contribution in [0, 0.1) is 23.5 Å². The van der Waals surface area contributed by atoms with Gasteiger partial charge in [0.1, 0.15) is 24.0 Å². The van der Waals surface area contributed by atoms with Crippen molar-refractivity contribution in [2.24, 2.45) is 16.8 Å². The summed E-state index contributed by atoms with van der Waals surface area (Å²) in [6, 6.07) is 14.6. The molecule has 1 aliphatic rings. The second kappa shape index (κ2) is 11.8. The number of carbonyl (C=O) groups excluding carboxylic acids is 2. The molecule has 3 atom stereocenters. The van der Waals surface area contributed by atoms with Crippen LogP contribution in [0.1, 0.15) is 30.5 Å². The summed E-state index contributed by atoms with van der Waals surface area (Å²) in [6.45, 7) is 1.29. The summed E-state index contributed by atoms with van der Waals surface area (Å²) < 4.78 is 80.3. The maximum atomic E-state index is 14.5. The Morgan fingerprint density at radius 2 is 1.52 bits per heavy atom. The summed E-state index contributed by atoms with van der Waals surface area (Å²) in [5.41, 5.74) is 1.56. The number of rotatable bonds is 8. The van der Waals surface area contributed by atoms with Gasteiger partial charge in [-0.05, 0) is 47.9 Å². The Morgan fingerprint density at radius 3 is 2.08 bits per heavy atom. The Morgan fingerprint density at radius 1 is 0.950 bits per heavy atom. The first-order chi connectivity index (χ1) is 19.0. The number of benzene rings is 3. The fourth-order valence-electron chi connectivity index (χ4n) is 4.39. The van der Waals surface area contributed by atoms with E-state index in [1.165, 1.54) is 44.4 Å². The molecule has 1 aliphatic heterocycles. The molecule has 0 saturated carbocycles. The highest BCUT2D eigenvalue weighted by molar-refractivity contribution is 6.04. The van der Waals surface area contributed by atoms with E-state index < -0.39 is 47.8 Å². The van der Waals surface area contributed by atoms with Gasteiger partial charge in [-0.3, -0.25) is 14.6 Å². The first-order valence-electron chi connectivity index (χ1n) is 12.2. The molecule has 0 aliphatic carbocycles. The van der Waals surface area contributed by atoms with Crippen molar-refractivity contribution < 1.29 is 45.8 Å². The standard InChI is InChI=1S/C29H24F5NO5/c1-16(27(36)38-2)15-39-28(37)21-14-24(25-22(30)4-3-5-23(25)31)35-26(21)19-8-6-17(7-9-19)18-10-12-20(13-11-18)40-29(32,33)34/h3-13,16,21,26H,14-15H2,1-2H3/t16-,21-,26-/m0/s1. The first-order valence-corrected chi connectivity index (χ1v) is 12.2. The number of nitrogens with zero attached hydrogens (tertiary/aromatic N) is 1. The molecule has 0 radical (unpaired) electrons. The Bertz CT molecular complexity index is 1380. The average Bonchev–Trinajstić information content (AvgIpc) is 3.35. The van der Waals surface area contributed by atoms with E-state index >= 15 is 0 Å². The van der Waals surface area contributed by atoms with Gasteiger partial charge in [-0.25, -0.2) is 8.78 Å². The molecule has 11 heteroatoms. The molecule has 0 unspecified atom stereocenters. The minimum absolute atomic E-state index is 0.0629. The van der Waals surface area contributed by atoms with Gasteiger partial charge in [0.05, 0.1) is 30.6 Å². The normalized spacial score (nSPS) is 17.6. The van der Waals surface area contributed by atoms with E-state index in [4.69, 9.17) is 4.74 Å². The molecule has 0 aromatic heterocycles. The Hall–Kier alpha value is -4.28. The fraction of sp³-hybridized carbons (Fsp3) is 0.276. The van der Waals surface area contributed by atoms with Gasteiger partial charge in [0.2, 0.25) is 0 Å². The molecule has 0 amide bonds. The molecule has 0 fully saturated rings. The molecule has 40 heavy (non-hydrogen) atoms. The number of esters is 2. The van der Waals surface area contributed by atoms with Gasteiger partial charge in [0.15, 0.2) is 0 Å². The van der Waals surface area contributed by atoms with Crippen molar-refractivity contribution in [1.29, 1.82) is 0 Å². The summed E-state index contributed by atoms with van der Waals surface area (Å²) in [5.74, 6) is -4.90. The van der Waals surface area contributed by atoms with Gasteiger partial charge in [0, 0.05) is 12.1 Å². The van der Waals surface area contributed by atoms with Crippen LogP contribution in [0.2, 0.25) is 0 Å². The van der Waals surface area contributed by atoms with E-state index in [9.17, 15) is 31.5 Å². The van der Waals surface area contributed by atoms with Crippen LogP contribution in [0.4, 0.5) is 22.0 Å². The molecular formula is C29H24F5NO5. The molecule has 1 heterocycles. The fourth-order valence-corrected chi connectivity index (χ4v) is 4.39. The van der Waals surface area contributed by atoms with Gasteiger partial charge in [-0.1, -0.05) is 42.5 Å². The highest BCUT2D eigenvalue weighted by atomic mass is 19.4. The van der Waals surface area contributed by atoms with E-state index in [0.717, 1.165) is 12.1 Å². The number of halogens is 5. The predicted molar refractivity (Wildman–Crippen MR) is 134 cm³/mol. The summed E-state index contributed by atoms with van der Waals surface area (Å²) in [5, 5.41) is 0. The van der Waals surface area contributed by atoms with Crippen LogP contribution in [0.25, 0.3) is 11.1 Å². The molecule has 210 valence electrons. The molecule has 0 bridgehead atoms. The molecule has 0 N–H and O–H groups in total. The number of carbonyl (C=O) groups is 2. The number of hydrogen-bond acceptors (Lipinski definition) is 6. The number of aliphatic imine (C=N–C) groups is 1. The SMILES string of the molecule is COC(=O)[C@@H](C)COC(=O)[C@H]1CC(c2c(F)cccc2F)=N[C@H]1c1ccc(-c2ccc(OC(F)(F)F)cc2)cc1. The second-order valence-corrected chi connectivity index (χ2v) is 9.18. The van der Waals surface area contributed by atoms with Crippen molar-refractivity contribution >= 4 is 17.7 Å². The van der Waals surface area contributed by atoms with Crippen LogP contribution in [0.5, 0.6) is 5.75 Å². The van der Waals surface area contributed by atoms with E-state index in [-0.39, 0.29) is 30.1 Å². The van der Waals surface area contributed by atoms with E-state index in [1.54, 1.807) is 24.3 Å². The number of ether oxygens (including phenoxy) is 3. The third kappa shape index (κ3) is 6.64. The van der Waals surface area contributed by atoms with E-state index in [0.29, 0.717) is 16.7 Å². The Labute approximate surface area is 226 Å². The quantitative estimate of drug-likeness (QED) is 0.234. The lowest BCUT2D eigenvalue weighted by Gasteiger charge is -2.19. The van der Waals surface area contributed by atoms with Crippen molar-refractivity contribution in [1.82, 2.24) is 0 Å². The van der Waals surface area contributed by atoms with Crippen LogP contribution in [-0.2, 0) is 19.1 Å². The topological polar surface area (TPSA) is 74.2 Å². The molecule has 0 saturated heterocycles. The first kappa shape index (κ1) is 28.7. The zero-order valence-electron chi connectivity index (χ0n) is 21.4. The summed E-state index contributed by atoms with van der Waals surface area (Å²) in [7, 11) is 1.21. The van der Waals surface area contributed by atoms with Gasteiger partial charge >= 0.3 is 18.3 Å². The van der Waals surface area contributed by atoms with E-state index in [1.807, 2.05) is 0 Å². The summed E-state index contributed by atoms with van der Waals surface area (Å²) in [4.78, 5) is 29.3. The summed E-state index contributed by atoms with van der Waals surface area (Å²) >= 11 is 0. The van der Waals surface area contributed by atoms with Gasteiger partial charge < -0.3 is 14.2 Å². The Kier molecular flexibility index (Phi) is 8.51. The van der Waals surface area contributed by atoms with Crippen LogP contribution in [0.15, 0.2) is 71.7 Å². The number of alkyl halides is 3. The van der Waals surface area contributed by atoms with Crippen molar-refractivity contribution in [3.8, 4) is 16.9 Å². The largest absolute Gasteiger partial charge is 0.573 e. The zero-order chi connectivity index (χ0) is 29.0. The molecule has 3 aromatic rings. The van der Waals surface area contributed by atoms with Crippen molar-refractivity contribution in [3.63, 3.8) is 0 Å². The minimum Gasteiger partial charge on any atom is -0.469 e. The Balaban J connectivity index is 1.60. The minimum atomic E-state index is -4.80. The van der Waals surface area contributed by atoms with Crippen LogP contribution >= 0.6 is 0 Å². The molecule has 4 rings (SSSR count). The third-order valence-electron chi connectivity index (χ3n) is 6.40. The van der Waals surface area contributed by atoms with Crippen LogP contribution in [-0.4, -0.2) is 37.7 Å². The number of methoxy groups -OCH3 is 1. The lowest BCUT2D eigenvalue weighted by Crippen LogP contribution is -2.26. The molecular weight excluding hydrogens is 537 g/mol. The van der Waals surface area contributed by atoms with Crippen molar-refractivity contribution in [3.05, 3.63) is 89.5 Å². The van der Waals surface area contributed by atoms with Crippen molar-refractivity contribution in [2.45, 2.75) is 25.7 Å². The molecule has 3 aromatic carbocycles. The molecule has 0 spiro atoms. The highest BCUT2D eigenvalue weighted by Gasteiger charge is 2.39. The van der Waals surface area contributed by atoms with Gasteiger partial charge in [0.25, 0.3) is 0 Å². The smallest absolute Gasteiger partial charge is 0.469 e. The summed E-state index contributed by atoms with van der Waals surface area (Å²) in [6.07, 6.45) is -4.90. The predicted octanol–water partition coefficient (Wildman–Crippen LogP) is 6.43. The zero-order valence-corrected chi connectivity index (χ0v) is 21.4. The van der Waals surface area contributed by atoms with Crippen LogP contribution < -0.4 is 4.74 Å². The van der Waals surface area contributed by atoms with Gasteiger partial charge in [-0.2, -0.15) is 0 Å². The maximum absolute atomic E-state index is 14.5. The second-order valence-electron chi connectivity index (χ2n) is 9.18. The van der Waals surface area contributed by atoms with E-state index in [2.05, 4.69) is 14.5 Å². The highest BCUT2D eigenvalue weighted by Crippen LogP contribution is 2.39. The van der Waals surface area contributed by atoms with Crippen LogP contribution in [0.3, 0.4) is 0 Å². The lowest BCUT2D eigenvalue weighted by atomic mass is 9.90. The number of hydrogen-bond donors (Lipinski definition) is 0. The monoisotopic (exact) mass is 561 g/mol. The van der Waals surface area contributed by atoms with Crippen molar-refractivity contribution in [2.75, 3.05) is 13.7 Å². The van der Waals surface area contributed by atoms with Gasteiger partial charge in [-0.15, -0.1) is 13.2 Å². The maximum Gasteiger partial charge on any atom is 0.573 e.